The summed E-state index contributed by atoms with van der Waals surface area (Å²) < 4.78 is 0. The summed E-state index contributed by atoms with van der Waals surface area (Å²) in [5, 5.41) is 0. The molecule has 29 heavy (non-hydrogen) atoms. The minimum atomic E-state index is -0.0359. The van der Waals surface area contributed by atoms with Crippen LogP contribution in [0.15, 0.2) is 84.9 Å². The predicted octanol–water partition coefficient (Wildman–Crippen LogP) is 4.66. The Morgan fingerprint density at radius 2 is 1.45 bits per heavy atom. The Morgan fingerprint density at radius 3 is 2.00 bits per heavy atom. The first kappa shape index (κ1) is 18.9. The second-order valence-electron chi connectivity index (χ2n) is 7.33. The standard InChI is InChI=1S/C25H24N2O2/c28-24-15-8-16-27(24)23-14-7-13-22(17-23)25(29)26(18-20-9-3-1-4-10-20)19-21-11-5-2-6-12-21/h1-7,9-14,17H,8,15-16,18-19H2. The fourth-order valence-corrected chi connectivity index (χ4v) is 3.72. The van der Waals surface area contributed by atoms with Gasteiger partial charge in [0.2, 0.25) is 5.91 Å². The van der Waals surface area contributed by atoms with E-state index < -0.39 is 0 Å². The number of anilines is 1. The van der Waals surface area contributed by atoms with Gasteiger partial charge in [0.15, 0.2) is 0 Å². The van der Waals surface area contributed by atoms with Crippen LogP contribution in [0.4, 0.5) is 5.69 Å². The van der Waals surface area contributed by atoms with Crippen molar-refractivity contribution < 1.29 is 9.59 Å². The molecule has 2 amide bonds. The molecule has 0 bridgehead atoms. The van der Waals surface area contributed by atoms with Crippen molar-refractivity contribution in [3.05, 3.63) is 102 Å². The quantitative estimate of drug-likeness (QED) is 0.620. The lowest BCUT2D eigenvalue weighted by Gasteiger charge is -2.24. The Morgan fingerprint density at radius 1 is 0.828 bits per heavy atom. The number of carbonyl (C=O) groups excluding carboxylic acids is 2. The third kappa shape index (κ3) is 4.54. The number of nitrogens with zero attached hydrogens (tertiary/aromatic N) is 2. The number of rotatable bonds is 6. The first-order valence-corrected chi connectivity index (χ1v) is 9.98. The molecular formula is C25H24N2O2. The number of benzene rings is 3. The molecule has 4 rings (SSSR count). The molecule has 3 aromatic carbocycles. The van der Waals surface area contributed by atoms with Gasteiger partial charge < -0.3 is 9.80 Å². The zero-order chi connectivity index (χ0) is 20.1. The number of carbonyl (C=O) groups is 2. The molecular weight excluding hydrogens is 360 g/mol. The van der Waals surface area contributed by atoms with Gasteiger partial charge in [-0.2, -0.15) is 0 Å². The van der Waals surface area contributed by atoms with Gasteiger partial charge in [-0.3, -0.25) is 9.59 Å². The Kier molecular flexibility index (Phi) is 5.71. The normalized spacial score (nSPS) is 13.5. The van der Waals surface area contributed by atoms with Gasteiger partial charge in [0.1, 0.15) is 0 Å². The Hall–Kier alpha value is -3.40. The topological polar surface area (TPSA) is 40.6 Å². The lowest BCUT2D eigenvalue weighted by atomic mass is 10.1. The zero-order valence-electron chi connectivity index (χ0n) is 16.3. The maximum absolute atomic E-state index is 13.4. The third-order valence-corrected chi connectivity index (χ3v) is 5.20. The van der Waals surface area contributed by atoms with E-state index in [-0.39, 0.29) is 11.8 Å². The SMILES string of the molecule is O=C(c1cccc(N2CCCC2=O)c1)N(Cc1ccccc1)Cc1ccccc1. The predicted molar refractivity (Wildman–Crippen MR) is 114 cm³/mol. The van der Waals surface area contributed by atoms with Crippen molar-refractivity contribution in [2.45, 2.75) is 25.9 Å². The molecule has 0 saturated carbocycles. The van der Waals surface area contributed by atoms with Gasteiger partial charge >= 0.3 is 0 Å². The van der Waals surface area contributed by atoms with Crippen LogP contribution in [0.1, 0.15) is 34.3 Å². The first-order chi connectivity index (χ1) is 14.2. The molecule has 146 valence electrons. The summed E-state index contributed by atoms with van der Waals surface area (Å²) in [6, 6.07) is 27.5. The fourth-order valence-electron chi connectivity index (χ4n) is 3.72. The highest BCUT2D eigenvalue weighted by atomic mass is 16.2. The molecule has 0 radical (unpaired) electrons. The molecule has 1 saturated heterocycles. The lowest BCUT2D eigenvalue weighted by Crippen LogP contribution is -2.30. The number of hydrogen-bond acceptors (Lipinski definition) is 2. The Bertz CT molecular complexity index is 944. The van der Waals surface area contributed by atoms with Crippen LogP contribution in [-0.2, 0) is 17.9 Å². The van der Waals surface area contributed by atoms with Gasteiger partial charge in [-0.25, -0.2) is 0 Å². The van der Waals surface area contributed by atoms with E-state index in [0.717, 1.165) is 23.2 Å². The van der Waals surface area contributed by atoms with E-state index in [0.29, 0.717) is 31.6 Å². The van der Waals surface area contributed by atoms with Crippen LogP contribution in [0, 0.1) is 0 Å². The fraction of sp³-hybridized carbons (Fsp3) is 0.200. The summed E-state index contributed by atoms with van der Waals surface area (Å²) >= 11 is 0. The molecule has 0 N–H and O–H groups in total. The van der Waals surface area contributed by atoms with Gasteiger partial charge in [-0.1, -0.05) is 66.7 Å². The number of hydrogen-bond donors (Lipinski definition) is 0. The molecule has 1 heterocycles. The monoisotopic (exact) mass is 384 g/mol. The largest absolute Gasteiger partial charge is 0.330 e. The summed E-state index contributed by atoms with van der Waals surface area (Å²) in [6.07, 6.45) is 1.44. The van der Waals surface area contributed by atoms with Crippen molar-refractivity contribution in [1.82, 2.24) is 4.90 Å². The van der Waals surface area contributed by atoms with E-state index in [1.165, 1.54) is 0 Å². The summed E-state index contributed by atoms with van der Waals surface area (Å²) in [4.78, 5) is 29.2. The van der Waals surface area contributed by atoms with Crippen LogP contribution in [0.5, 0.6) is 0 Å². The Balaban J connectivity index is 1.61. The van der Waals surface area contributed by atoms with E-state index in [9.17, 15) is 9.59 Å². The molecule has 1 aliphatic heterocycles. The van der Waals surface area contributed by atoms with Crippen LogP contribution < -0.4 is 4.90 Å². The molecule has 0 spiro atoms. The molecule has 4 nitrogen and oxygen atoms in total. The van der Waals surface area contributed by atoms with Crippen LogP contribution in [0.3, 0.4) is 0 Å². The minimum Gasteiger partial charge on any atom is -0.330 e. The van der Waals surface area contributed by atoms with Gasteiger partial charge in [0.05, 0.1) is 0 Å². The third-order valence-electron chi connectivity index (χ3n) is 5.20. The van der Waals surface area contributed by atoms with Crippen molar-refractivity contribution >= 4 is 17.5 Å². The molecule has 3 aromatic rings. The van der Waals surface area contributed by atoms with Gasteiger partial charge in [0, 0.05) is 37.3 Å². The van der Waals surface area contributed by atoms with Crippen molar-refractivity contribution in [2.24, 2.45) is 0 Å². The molecule has 0 aromatic heterocycles. The molecule has 4 heteroatoms. The van der Waals surface area contributed by atoms with E-state index in [1.807, 2.05) is 89.8 Å². The average Bonchev–Trinajstić information content (AvgIpc) is 3.20. The summed E-state index contributed by atoms with van der Waals surface area (Å²) in [6.45, 7) is 1.77. The maximum Gasteiger partial charge on any atom is 0.254 e. The van der Waals surface area contributed by atoms with Gasteiger partial charge in [-0.15, -0.1) is 0 Å². The van der Waals surface area contributed by atoms with Crippen molar-refractivity contribution in [3.8, 4) is 0 Å². The lowest BCUT2D eigenvalue weighted by molar-refractivity contribution is -0.117. The van der Waals surface area contributed by atoms with E-state index in [4.69, 9.17) is 0 Å². The average molecular weight is 384 g/mol. The minimum absolute atomic E-state index is 0.0359. The van der Waals surface area contributed by atoms with Gasteiger partial charge in [0.25, 0.3) is 5.91 Å². The van der Waals surface area contributed by atoms with Crippen LogP contribution in [-0.4, -0.2) is 23.3 Å². The van der Waals surface area contributed by atoms with Gasteiger partial charge in [-0.05, 0) is 35.7 Å². The highest BCUT2D eigenvalue weighted by molar-refractivity contribution is 5.99. The van der Waals surface area contributed by atoms with E-state index in [2.05, 4.69) is 0 Å². The van der Waals surface area contributed by atoms with Crippen molar-refractivity contribution in [2.75, 3.05) is 11.4 Å². The molecule has 0 atom stereocenters. The molecule has 1 aliphatic rings. The second-order valence-corrected chi connectivity index (χ2v) is 7.33. The summed E-state index contributed by atoms with van der Waals surface area (Å²) in [7, 11) is 0. The van der Waals surface area contributed by atoms with Crippen LogP contribution >= 0.6 is 0 Å². The zero-order valence-corrected chi connectivity index (χ0v) is 16.3. The highest BCUT2D eigenvalue weighted by Crippen LogP contribution is 2.23. The Labute approximate surface area is 171 Å². The smallest absolute Gasteiger partial charge is 0.254 e. The molecule has 0 aliphatic carbocycles. The van der Waals surface area contributed by atoms with E-state index >= 15 is 0 Å². The summed E-state index contributed by atoms with van der Waals surface area (Å²) in [5.74, 6) is 0.0891. The number of amides is 2. The molecule has 1 fully saturated rings. The van der Waals surface area contributed by atoms with E-state index in [1.54, 1.807) is 4.90 Å². The maximum atomic E-state index is 13.4. The highest BCUT2D eigenvalue weighted by Gasteiger charge is 2.23. The molecule has 0 unspecified atom stereocenters. The van der Waals surface area contributed by atoms with Crippen molar-refractivity contribution in [3.63, 3.8) is 0 Å². The second kappa shape index (κ2) is 8.74. The van der Waals surface area contributed by atoms with Crippen molar-refractivity contribution in [1.29, 1.82) is 0 Å². The van der Waals surface area contributed by atoms with Crippen LogP contribution in [0.2, 0.25) is 0 Å². The first-order valence-electron chi connectivity index (χ1n) is 9.98. The van der Waals surface area contributed by atoms with Crippen LogP contribution in [0.25, 0.3) is 0 Å². The summed E-state index contributed by atoms with van der Waals surface area (Å²) in [5.41, 5.74) is 3.58.